The van der Waals surface area contributed by atoms with Gasteiger partial charge in [-0.1, -0.05) is 36.4 Å². The predicted octanol–water partition coefficient (Wildman–Crippen LogP) is 3.74. The number of aromatic hydroxyl groups is 1. The van der Waals surface area contributed by atoms with E-state index in [4.69, 9.17) is 0 Å². The molecule has 1 heterocycles. The molecule has 5 nitrogen and oxygen atoms in total. The van der Waals surface area contributed by atoms with Crippen LogP contribution in [0.3, 0.4) is 0 Å². The first kappa shape index (κ1) is 17.4. The molecule has 0 bridgehead atoms. The average molecular weight is 345 g/mol. The van der Waals surface area contributed by atoms with Crippen LogP contribution >= 0.6 is 0 Å². The zero-order valence-corrected chi connectivity index (χ0v) is 14.4. The minimum absolute atomic E-state index is 0.135. The second-order valence-corrected chi connectivity index (χ2v) is 5.88. The number of phenolic OH excluding ortho intramolecular Hbond substituents is 1. The van der Waals surface area contributed by atoms with E-state index in [-0.39, 0.29) is 11.7 Å². The number of hydrogen-bond acceptors (Lipinski definition) is 4. The average Bonchev–Trinajstić information content (AvgIpc) is 2.64. The second-order valence-electron chi connectivity index (χ2n) is 5.88. The molecule has 3 aromatic rings. The number of hydrogen-bond donors (Lipinski definition) is 2. The van der Waals surface area contributed by atoms with Crippen molar-refractivity contribution in [3.63, 3.8) is 0 Å². The molecule has 0 aliphatic heterocycles. The van der Waals surface area contributed by atoms with Gasteiger partial charge in [0.1, 0.15) is 5.75 Å². The van der Waals surface area contributed by atoms with Crippen LogP contribution in [0.1, 0.15) is 27.2 Å². The van der Waals surface area contributed by atoms with Crippen LogP contribution in [0, 0.1) is 6.92 Å². The van der Waals surface area contributed by atoms with Crippen LogP contribution in [-0.2, 0) is 6.42 Å². The molecule has 0 aliphatic carbocycles. The van der Waals surface area contributed by atoms with E-state index >= 15 is 0 Å². The van der Waals surface area contributed by atoms with Crippen molar-refractivity contribution in [2.75, 3.05) is 0 Å². The Morgan fingerprint density at radius 1 is 1.27 bits per heavy atom. The molecule has 0 unspecified atom stereocenters. The summed E-state index contributed by atoms with van der Waals surface area (Å²) in [6.07, 6.45) is 3.70. The number of pyridine rings is 1. The quantitative estimate of drug-likeness (QED) is 0.420. The number of hydrazone groups is 1. The van der Waals surface area contributed by atoms with Gasteiger partial charge < -0.3 is 5.11 Å². The number of aromatic nitrogens is 1. The third kappa shape index (κ3) is 3.62. The number of carbonyl (C=O) groups excluding carboxylic acids is 1. The molecule has 2 aromatic carbocycles. The fraction of sp³-hybridized carbons (Fsp3) is 0.0952. The first-order valence-corrected chi connectivity index (χ1v) is 8.21. The summed E-state index contributed by atoms with van der Waals surface area (Å²) in [7, 11) is 0. The number of fused-ring (bicyclic) bond motifs is 1. The van der Waals surface area contributed by atoms with Gasteiger partial charge in [0.05, 0.1) is 17.3 Å². The van der Waals surface area contributed by atoms with Gasteiger partial charge in [0.25, 0.3) is 5.91 Å². The molecule has 26 heavy (non-hydrogen) atoms. The van der Waals surface area contributed by atoms with Crippen LogP contribution in [-0.4, -0.2) is 22.2 Å². The number of benzene rings is 2. The summed E-state index contributed by atoms with van der Waals surface area (Å²) in [5, 5.41) is 15.0. The molecule has 0 saturated carbocycles. The Morgan fingerprint density at radius 2 is 2.08 bits per heavy atom. The van der Waals surface area contributed by atoms with Gasteiger partial charge >= 0.3 is 0 Å². The van der Waals surface area contributed by atoms with Crippen molar-refractivity contribution in [1.29, 1.82) is 0 Å². The van der Waals surface area contributed by atoms with E-state index in [9.17, 15) is 9.90 Å². The van der Waals surface area contributed by atoms with E-state index in [1.54, 1.807) is 18.2 Å². The SMILES string of the molecule is C=CCc1cccc(/C=N\NC(=O)c2cc(C)nc3ccccc23)c1O. The van der Waals surface area contributed by atoms with Crippen molar-refractivity contribution in [3.8, 4) is 5.75 Å². The molecular formula is C21H19N3O2. The first-order chi connectivity index (χ1) is 12.6. The number of para-hydroxylation sites is 2. The third-order valence-electron chi connectivity index (χ3n) is 3.97. The molecule has 2 N–H and O–H groups in total. The smallest absolute Gasteiger partial charge is 0.272 e. The lowest BCUT2D eigenvalue weighted by Gasteiger charge is -2.07. The largest absolute Gasteiger partial charge is 0.507 e. The highest BCUT2D eigenvalue weighted by atomic mass is 16.3. The summed E-state index contributed by atoms with van der Waals surface area (Å²) in [5.41, 5.74) is 5.83. The maximum atomic E-state index is 12.5. The summed E-state index contributed by atoms with van der Waals surface area (Å²) in [6.45, 7) is 5.51. The Morgan fingerprint density at radius 3 is 2.88 bits per heavy atom. The number of allylic oxidation sites excluding steroid dienone is 1. The maximum absolute atomic E-state index is 12.5. The zero-order chi connectivity index (χ0) is 18.5. The summed E-state index contributed by atoms with van der Waals surface area (Å²) in [4.78, 5) is 17.0. The molecule has 5 heteroatoms. The van der Waals surface area contributed by atoms with Crippen LogP contribution in [0.5, 0.6) is 5.75 Å². The maximum Gasteiger partial charge on any atom is 0.272 e. The van der Waals surface area contributed by atoms with Crippen molar-refractivity contribution in [2.45, 2.75) is 13.3 Å². The molecule has 3 rings (SSSR count). The highest BCUT2D eigenvalue weighted by molar-refractivity contribution is 6.06. The van der Waals surface area contributed by atoms with Crippen molar-refractivity contribution in [1.82, 2.24) is 10.4 Å². The van der Waals surface area contributed by atoms with Crippen molar-refractivity contribution >= 4 is 23.0 Å². The Labute approximate surface area is 151 Å². The molecule has 1 amide bonds. The van der Waals surface area contributed by atoms with Gasteiger partial charge in [-0.2, -0.15) is 5.10 Å². The molecule has 0 aliphatic rings. The number of aryl methyl sites for hydroxylation is 1. The predicted molar refractivity (Wildman–Crippen MR) is 104 cm³/mol. The van der Waals surface area contributed by atoms with Crippen LogP contribution in [0.4, 0.5) is 0 Å². The van der Waals surface area contributed by atoms with Gasteiger partial charge in [-0.25, -0.2) is 5.43 Å². The van der Waals surface area contributed by atoms with Crippen molar-refractivity contribution in [3.05, 3.63) is 83.6 Å². The highest BCUT2D eigenvalue weighted by Crippen LogP contribution is 2.22. The van der Waals surface area contributed by atoms with E-state index in [1.165, 1.54) is 6.21 Å². The fourth-order valence-electron chi connectivity index (χ4n) is 2.75. The van der Waals surface area contributed by atoms with Crippen LogP contribution in [0.2, 0.25) is 0 Å². The number of carbonyl (C=O) groups is 1. The third-order valence-corrected chi connectivity index (χ3v) is 3.97. The molecule has 130 valence electrons. The number of amides is 1. The fourth-order valence-corrected chi connectivity index (χ4v) is 2.75. The van der Waals surface area contributed by atoms with Gasteiger partial charge in [-0.05, 0) is 37.1 Å². The zero-order valence-electron chi connectivity index (χ0n) is 14.4. The van der Waals surface area contributed by atoms with Crippen molar-refractivity contribution < 1.29 is 9.90 Å². The van der Waals surface area contributed by atoms with Gasteiger partial charge in [-0.15, -0.1) is 6.58 Å². The number of rotatable bonds is 5. The van der Waals surface area contributed by atoms with E-state index < -0.39 is 0 Å². The van der Waals surface area contributed by atoms with E-state index in [1.807, 2.05) is 43.3 Å². The molecule has 0 radical (unpaired) electrons. The first-order valence-electron chi connectivity index (χ1n) is 8.21. The Bertz CT molecular complexity index is 1010. The monoisotopic (exact) mass is 345 g/mol. The minimum Gasteiger partial charge on any atom is -0.507 e. The van der Waals surface area contributed by atoms with E-state index in [2.05, 4.69) is 22.1 Å². The lowest BCUT2D eigenvalue weighted by molar-refractivity contribution is 0.0956. The summed E-state index contributed by atoms with van der Waals surface area (Å²) in [6, 6.07) is 14.6. The van der Waals surface area contributed by atoms with Crippen LogP contribution < -0.4 is 5.43 Å². The normalized spacial score (nSPS) is 11.0. The van der Waals surface area contributed by atoms with Crippen LogP contribution in [0.15, 0.2) is 66.3 Å². The molecular weight excluding hydrogens is 326 g/mol. The summed E-state index contributed by atoms with van der Waals surface area (Å²) in [5.74, 6) is -0.194. The van der Waals surface area contributed by atoms with Crippen molar-refractivity contribution in [2.24, 2.45) is 5.10 Å². The van der Waals surface area contributed by atoms with Gasteiger partial charge in [-0.3, -0.25) is 9.78 Å². The van der Waals surface area contributed by atoms with Gasteiger partial charge in [0.15, 0.2) is 0 Å². The minimum atomic E-state index is -0.329. The lowest BCUT2D eigenvalue weighted by atomic mass is 10.1. The standard InChI is InChI=1S/C21H19N3O2/c1-3-7-15-8-6-9-16(20(15)25)13-22-24-21(26)18-12-14(2)23-19-11-5-4-10-17(18)19/h3-6,8-13,25H,1,7H2,2H3,(H,24,26)/b22-13-. The molecule has 0 spiro atoms. The molecule has 0 fully saturated rings. The Kier molecular flexibility index (Phi) is 5.08. The number of nitrogens with one attached hydrogen (secondary N) is 1. The number of nitrogens with zero attached hydrogens (tertiary/aromatic N) is 2. The molecule has 1 aromatic heterocycles. The van der Waals surface area contributed by atoms with E-state index in [0.717, 1.165) is 22.2 Å². The number of phenols is 1. The van der Waals surface area contributed by atoms with Crippen LogP contribution in [0.25, 0.3) is 10.9 Å². The lowest BCUT2D eigenvalue weighted by Crippen LogP contribution is -2.18. The highest BCUT2D eigenvalue weighted by Gasteiger charge is 2.11. The second kappa shape index (κ2) is 7.61. The van der Waals surface area contributed by atoms with Gasteiger partial charge in [0, 0.05) is 16.6 Å². The Hall–Kier alpha value is -3.47. The van der Waals surface area contributed by atoms with E-state index in [0.29, 0.717) is 17.5 Å². The topological polar surface area (TPSA) is 74.6 Å². The molecule has 0 atom stereocenters. The molecule has 0 saturated heterocycles. The Balaban J connectivity index is 1.83. The summed E-state index contributed by atoms with van der Waals surface area (Å²) < 4.78 is 0. The van der Waals surface area contributed by atoms with Gasteiger partial charge in [0.2, 0.25) is 0 Å². The summed E-state index contributed by atoms with van der Waals surface area (Å²) >= 11 is 0.